The van der Waals surface area contributed by atoms with Crippen molar-refractivity contribution in [3.8, 4) is 5.69 Å². The van der Waals surface area contributed by atoms with Gasteiger partial charge in [-0.05, 0) is 51.0 Å². The van der Waals surface area contributed by atoms with Crippen LogP contribution in [0.1, 0.15) is 49.1 Å². The quantitative estimate of drug-likeness (QED) is 0.313. The summed E-state index contributed by atoms with van der Waals surface area (Å²) < 4.78 is 20.8. The molecule has 226 valence electrons. The molecule has 1 aromatic heterocycles. The third kappa shape index (κ3) is 9.92. The highest BCUT2D eigenvalue weighted by atomic mass is 19.1. The first-order valence-corrected chi connectivity index (χ1v) is 13.1. The van der Waals surface area contributed by atoms with Crippen LogP contribution in [0.5, 0.6) is 0 Å². The number of nitrogens with one attached hydrogen (secondary N) is 1. The lowest BCUT2D eigenvalue weighted by Crippen LogP contribution is -2.59. The summed E-state index contributed by atoms with van der Waals surface area (Å²) in [6.07, 6.45) is 6.54. The number of morpholine rings is 1. The molecule has 14 heteroatoms. The molecular formula is C27H37FN4O9. The molecule has 0 spiro atoms. The van der Waals surface area contributed by atoms with Gasteiger partial charge in [0.1, 0.15) is 5.82 Å². The van der Waals surface area contributed by atoms with Gasteiger partial charge in [-0.3, -0.25) is 4.90 Å². The molecule has 1 aliphatic carbocycles. The van der Waals surface area contributed by atoms with E-state index in [1.807, 2.05) is 4.68 Å². The summed E-state index contributed by atoms with van der Waals surface area (Å²) in [7, 11) is 0. The first kappa shape index (κ1) is 33.3. The molecule has 2 aliphatic rings. The summed E-state index contributed by atoms with van der Waals surface area (Å²) in [5.41, 5.74) is 4.54. The fraction of sp³-hybridized carbons (Fsp3) is 0.519. The Kier molecular flexibility index (Phi) is 12.8. The lowest BCUT2D eigenvalue weighted by atomic mass is 9.79. The van der Waals surface area contributed by atoms with Crippen molar-refractivity contribution in [3.63, 3.8) is 0 Å². The van der Waals surface area contributed by atoms with Gasteiger partial charge >= 0.3 is 23.9 Å². The van der Waals surface area contributed by atoms with E-state index in [2.05, 4.69) is 24.1 Å². The first-order valence-electron chi connectivity index (χ1n) is 13.1. The minimum absolute atomic E-state index is 0.224. The number of aliphatic carboxylic acids is 4. The predicted octanol–water partition coefficient (Wildman–Crippen LogP) is 2.06. The van der Waals surface area contributed by atoms with E-state index in [0.717, 1.165) is 56.5 Å². The third-order valence-corrected chi connectivity index (χ3v) is 7.10. The SMILES string of the molecule is Cc1nn(-c2ccc(F)cc2)c(C)c1CNCC1(N2CCOCC2)CCCCC1.O=C(O)C(=O)O.O=C(O)C(=O)O. The van der Waals surface area contributed by atoms with Gasteiger partial charge in [-0.1, -0.05) is 19.3 Å². The van der Waals surface area contributed by atoms with E-state index >= 15 is 0 Å². The summed E-state index contributed by atoms with van der Waals surface area (Å²) in [6, 6.07) is 6.53. The van der Waals surface area contributed by atoms with Gasteiger partial charge in [0, 0.05) is 43.0 Å². The molecule has 0 unspecified atom stereocenters. The van der Waals surface area contributed by atoms with Crippen molar-refractivity contribution < 1.29 is 48.7 Å². The summed E-state index contributed by atoms with van der Waals surface area (Å²) in [4.78, 5) is 39.1. The average Bonchev–Trinajstić information content (AvgIpc) is 3.23. The molecule has 1 aliphatic heterocycles. The van der Waals surface area contributed by atoms with Gasteiger partial charge in [0.2, 0.25) is 0 Å². The molecular weight excluding hydrogens is 543 g/mol. The molecule has 2 fully saturated rings. The molecule has 1 saturated heterocycles. The first-order chi connectivity index (χ1) is 19.4. The molecule has 0 radical (unpaired) electrons. The number of hydrogen-bond acceptors (Lipinski definition) is 8. The Morgan fingerprint density at radius 2 is 1.41 bits per heavy atom. The van der Waals surface area contributed by atoms with Crippen molar-refractivity contribution in [2.45, 2.75) is 58.0 Å². The van der Waals surface area contributed by atoms with Crippen molar-refractivity contribution in [3.05, 3.63) is 47.0 Å². The van der Waals surface area contributed by atoms with Crippen LogP contribution < -0.4 is 5.32 Å². The van der Waals surface area contributed by atoms with Crippen molar-refractivity contribution >= 4 is 23.9 Å². The highest BCUT2D eigenvalue weighted by molar-refractivity contribution is 6.27. The number of benzene rings is 1. The van der Waals surface area contributed by atoms with Crippen LogP contribution in [0.3, 0.4) is 0 Å². The Balaban J connectivity index is 0.000000413. The Morgan fingerprint density at radius 3 is 1.90 bits per heavy atom. The predicted molar refractivity (Wildman–Crippen MR) is 143 cm³/mol. The molecule has 2 aromatic rings. The van der Waals surface area contributed by atoms with Crippen LogP contribution in [0, 0.1) is 19.7 Å². The van der Waals surface area contributed by atoms with Crippen LogP contribution in [-0.2, 0) is 30.5 Å². The summed E-state index contributed by atoms with van der Waals surface area (Å²) >= 11 is 0. The molecule has 13 nitrogen and oxygen atoms in total. The molecule has 5 N–H and O–H groups in total. The third-order valence-electron chi connectivity index (χ3n) is 7.10. The standard InChI is InChI=1S/C23H33FN4O.2C2H2O4/c1-18-22(19(2)28(26-18)21-8-6-20(24)7-9-21)16-25-17-23(10-4-3-5-11-23)27-12-14-29-15-13-27;2*3-1(4)2(5)6/h6-9,25H,3-5,10-17H2,1-2H3;2*(H,3,4)(H,5,6). The van der Waals surface area contributed by atoms with E-state index in [1.165, 1.54) is 49.8 Å². The van der Waals surface area contributed by atoms with Crippen LogP contribution in [0.25, 0.3) is 5.69 Å². The maximum absolute atomic E-state index is 13.3. The number of carbonyl (C=O) groups is 4. The minimum atomic E-state index is -1.82. The van der Waals surface area contributed by atoms with Crippen LogP contribution in [0.4, 0.5) is 4.39 Å². The topological polar surface area (TPSA) is 192 Å². The molecule has 0 atom stereocenters. The second kappa shape index (κ2) is 15.8. The Morgan fingerprint density at radius 1 is 0.902 bits per heavy atom. The molecule has 41 heavy (non-hydrogen) atoms. The number of rotatable bonds is 6. The van der Waals surface area contributed by atoms with Crippen LogP contribution >= 0.6 is 0 Å². The van der Waals surface area contributed by atoms with E-state index in [4.69, 9.17) is 49.4 Å². The Bertz CT molecular complexity index is 1140. The maximum Gasteiger partial charge on any atom is 0.414 e. The number of ether oxygens (including phenoxy) is 1. The van der Waals surface area contributed by atoms with Gasteiger partial charge < -0.3 is 30.5 Å². The highest BCUT2D eigenvalue weighted by Gasteiger charge is 2.38. The molecule has 0 amide bonds. The second-order valence-corrected chi connectivity index (χ2v) is 9.75. The van der Waals surface area contributed by atoms with E-state index in [0.29, 0.717) is 0 Å². The highest BCUT2D eigenvalue weighted by Crippen LogP contribution is 2.34. The van der Waals surface area contributed by atoms with Gasteiger partial charge in [-0.15, -0.1) is 0 Å². The van der Waals surface area contributed by atoms with E-state index in [-0.39, 0.29) is 11.4 Å². The van der Waals surface area contributed by atoms with E-state index in [1.54, 1.807) is 12.1 Å². The Labute approximate surface area is 236 Å². The fourth-order valence-electron chi connectivity index (χ4n) is 5.04. The van der Waals surface area contributed by atoms with Gasteiger partial charge in [0.25, 0.3) is 0 Å². The maximum atomic E-state index is 13.3. The van der Waals surface area contributed by atoms with Crippen molar-refractivity contribution in [2.75, 3.05) is 32.8 Å². The molecule has 1 saturated carbocycles. The summed E-state index contributed by atoms with van der Waals surface area (Å²) in [6.45, 7) is 9.76. The zero-order chi connectivity index (χ0) is 30.6. The lowest BCUT2D eigenvalue weighted by Gasteiger charge is -2.48. The van der Waals surface area contributed by atoms with Crippen molar-refractivity contribution in [1.82, 2.24) is 20.0 Å². The van der Waals surface area contributed by atoms with Crippen molar-refractivity contribution in [1.29, 1.82) is 0 Å². The van der Waals surface area contributed by atoms with Crippen LogP contribution in [-0.4, -0.2) is 97.4 Å². The number of carboxylic acid groups (broad SMARTS) is 4. The largest absolute Gasteiger partial charge is 0.473 e. The monoisotopic (exact) mass is 580 g/mol. The second-order valence-electron chi connectivity index (χ2n) is 9.75. The summed E-state index contributed by atoms with van der Waals surface area (Å²) in [5, 5.41) is 38.0. The fourth-order valence-corrected chi connectivity index (χ4v) is 5.04. The minimum Gasteiger partial charge on any atom is -0.473 e. The van der Waals surface area contributed by atoms with Crippen LogP contribution in [0.15, 0.2) is 24.3 Å². The average molecular weight is 581 g/mol. The van der Waals surface area contributed by atoms with E-state index < -0.39 is 23.9 Å². The molecule has 1 aromatic carbocycles. The van der Waals surface area contributed by atoms with Gasteiger partial charge in [-0.25, -0.2) is 28.3 Å². The number of aromatic nitrogens is 2. The van der Waals surface area contributed by atoms with Gasteiger partial charge in [0.15, 0.2) is 0 Å². The zero-order valence-corrected chi connectivity index (χ0v) is 23.1. The number of halogens is 1. The van der Waals surface area contributed by atoms with Gasteiger partial charge in [-0.2, -0.15) is 5.10 Å². The number of aryl methyl sites for hydroxylation is 1. The van der Waals surface area contributed by atoms with E-state index in [9.17, 15) is 4.39 Å². The summed E-state index contributed by atoms with van der Waals surface area (Å²) in [5.74, 6) is -7.52. The zero-order valence-electron chi connectivity index (χ0n) is 23.1. The van der Waals surface area contributed by atoms with Gasteiger partial charge in [0.05, 0.1) is 24.6 Å². The molecule has 0 bridgehead atoms. The number of hydrogen-bond donors (Lipinski definition) is 5. The lowest BCUT2D eigenvalue weighted by molar-refractivity contribution is -0.159. The smallest absolute Gasteiger partial charge is 0.414 e. The van der Waals surface area contributed by atoms with Crippen LogP contribution in [0.2, 0.25) is 0 Å². The van der Waals surface area contributed by atoms with Crippen molar-refractivity contribution in [2.24, 2.45) is 0 Å². The Hall–Kier alpha value is -3.88. The molecule has 4 rings (SSSR count). The number of carboxylic acids is 4. The normalized spacial score (nSPS) is 16.4. The number of nitrogens with zero attached hydrogens (tertiary/aromatic N) is 3. The molecule has 2 heterocycles.